The number of rotatable bonds is 0. The Balaban J connectivity index is 2.26. The normalized spacial score (nSPS) is 12.0. The van der Waals surface area contributed by atoms with E-state index in [1.807, 2.05) is 30.3 Å². The fourth-order valence-corrected chi connectivity index (χ4v) is 2.24. The van der Waals surface area contributed by atoms with E-state index in [2.05, 4.69) is 4.98 Å². The van der Waals surface area contributed by atoms with Crippen molar-refractivity contribution in [1.29, 1.82) is 0 Å². The molecule has 4 heteroatoms. The molecule has 0 saturated carbocycles. The first kappa shape index (κ1) is 9.41. The molecule has 2 heterocycles. The molecule has 2 aromatic carbocycles. The van der Waals surface area contributed by atoms with Gasteiger partial charge >= 0.3 is 5.76 Å². The largest absolute Gasteiger partial charge is 0.456 e. The highest BCUT2D eigenvalue weighted by Gasteiger charge is 2.22. The van der Waals surface area contributed by atoms with Gasteiger partial charge in [0.05, 0.1) is 11.1 Å². The van der Waals surface area contributed by atoms with E-state index in [1.54, 1.807) is 12.1 Å². The molecule has 0 radical (unpaired) electrons. The van der Waals surface area contributed by atoms with Gasteiger partial charge in [-0.2, -0.15) is 4.98 Å². The number of fused-ring (bicyclic) bond motifs is 2. The molecule has 1 aromatic heterocycles. The van der Waals surface area contributed by atoms with Gasteiger partial charge in [0, 0.05) is 5.56 Å². The van der Waals surface area contributed by atoms with E-state index in [1.165, 1.54) is 0 Å². The summed E-state index contributed by atoms with van der Waals surface area (Å²) in [5, 5.41) is 0.746. The van der Waals surface area contributed by atoms with E-state index in [0.717, 1.165) is 10.9 Å². The molecule has 86 valence electrons. The van der Waals surface area contributed by atoms with E-state index >= 15 is 0 Å². The number of nitrogens with zero attached hydrogens (tertiary/aromatic N) is 1. The molecule has 1 aliphatic rings. The molecule has 0 spiro atoms. The summed E-state index contributed by atoms with van der Waals surface area (Å²) < 4.78 is 10.9. The van der Waals surface area contributed by atoms with Crippen LogP contribution >= 0.6 is 0 Å². The zero-order chi connectivity index (χ0) is 12.1. The van der Waals surface area contributed by atoms with Crippen molar-refractivity contribution in [2.45, 2.75) is 0 Å². The topological polar surface area (TPSA) is 52.3 Å². The van der Waals surface area contributed by atoms with Crippen LogP contribution in [-0.2, 0) is 0 Å². The lowest BCUT2D eigenvalue weighted by Gasteiger charge is -2.18. The van der Waals surface area contributed by atoms with Gasteiger partial charge in [0.1, 0.15) is 17.1 Å². The number of aromatic nitrogens is 1. The quantitative estimate of drug-likeness (QED) is 0.471. The summed E-state index contributed by atoms with van der Waals surface area (Å²) >= 11 is 0. The Kier molecular flexibility index (Phi) is 1.67. The van der Waals surface area contributed by atoms with Crippen molar-refractivity contribution >= 4 is 11.0 Å². The molecule has 0 amide bonds. The van der Waals surface area contributed by atoms with E-state index in [0.29, 0.717) is 22.8 Å². The smallest absolute Gasteiger partial charge is 0.439 e. The summed E-state index contributed by atoms with van der Waals surface area (Å²) in [6.45, 7) is 0. The van der Waals surface area contributed by atoms with Gasteiger partial charge in [0.15, 0.2) is 0 Å². The summed E-state index contributed by atoms with van der Waals surface area (Å²) in [7, 11) is 0. The van der Waals surface area contributed by atoms with Crippen LogP contribution in [0.1, 0.15) is 0 Å². The molecular weight excluding hydrogens is 230 g/mol. The zero-order valence-electron chi connectivity index (χ0n) is 9.21. The highest BCUT2D eigenvalue weighted by Crippen LogP contribution is 2.44. The maximum absolute atomic E-state index is 11.5. The Morgan fingerprint density at radius 3 is 2.72 bits per heavy atom. The van der Waals surface area contributed by atoms with Crippen LogP contribution in [0.4, 0.5) is 0 Å². The first-order valence-electron chi connectivity index (χ1n) is 5.54. The van der Waals surface area contributed by atoms with Crippen LogP contribution < -0.4 is 10.5 Å². The van der Waals surface area contributed by atoms with Crippen molar-refractivity contribution in [2.24, 2.45) is 0 Å². The number of benzene rings is 2. The third-order valence-electron chi connectivity index (χ3n) is 2.99. The number of hydrogen-bond acceptors (Lipinski definition) is 4. The minimum atomic E-state index is -0.591. The summed E-state index contributed by atoms with van der Waals surface area (Å²) in [6, 6.07) is 12.9. The lowest BCUT2D eigenvalue weighted by atomic mass is 10.0. The Morgan fingerprint density at radius 2 is 1.78 bits per heavy atom. The molecule has 0 bridgehead atoms. The summed E-state index contributed by atoms with van der Waals surface area (Å²) in [6.07, 6.45) is 0. The molecule has 0 fully saturated rings. The third kappa shape index (κ3) is 1.14. The Morgan fingerprint density at radius 1 is 0.944 bits per heavy atom. The van der Waals surface area contributed by atoms with Gasteiger partial charge in [-0.25, -0.2) is 4.79 Å². The summed E-state index contributed by atoms with van der Waals surface area (Å²) in [4.78, 5) is 15.5. The molecular formula is C14H7NO3. The second-order valence-electron chi connectivity index (χ2n) is 4.06. The van der Waals surface area contributed by atoms with Crippen LogP contribution in [0.25, 0.3) is 22.2 Å². The predicted molar refractivity (Wildman–Crippen MR) is 65.8 cm³/mol. The second-order valence-corrected chi connectivity index (χ2v) is 4.06. The lowest BCUT2D eigenvalue weighted by Crippen LogP contribution is -2.08. The van der Waals surface area contributed by atoms with Gasteiger partial charge in [-0.3, -0.25) is 0 Å². The number of para-hydroxylation sites is 1. The monoisotopic (exact) mass is 237 g/mol. The van der Waals surface area contributed by atoms with E-state index in [-0.39, 0.29) is 0 Å². The highest BCUT2D eigenvalue weighted by molar-refractivity contribution is 5.99. The maximum atomic E-state index is 11.5. The highest BCUT2D eigenvalue weighted by atomic mass is 16.5. The molecule has 0 unspecified atom stereocenters. The average molecular weight is 237 g/mol. The van der Waals surface area contributed by atoms with Crippen molar-refractivity contribution in [3.8, 4) is 22.8 Å². The van der Waals surface area contributed by atoms with Gasteiger partial charge in [-0.1, -0.05) is 18.2 Å². The Hall–Kier alpha value is -2.62. The minimum Gasteiger partial charge on any atom is -0.456 e. The fraction of sp³-hybridized carbons (Fsp3) is 0. The van der Waals surface area contributed by atoms with Crippen LogP contribution in [0.3, 0.4) is 0 Å². The predicted octanol–water partition coefficient (Wildman–Crippen LogP) is 2.96. The summed E-state index contributed by atoms with van der Waals surface area (Å²) in [5.74, 6) is 0.777. The molecule has 4 nitrogen and oxygen atoms in total. The zero-order valence-corrected chi connectivity index (χ0v) is 9.21. The second kappa shape index (κ2) is 3.20. The third-order valence-corrected chi connectivity index (χ3v) is 2.99. The van der Waals surface area contributed by atoms with Crippen LogP contribution in [0.15, 0.2) is 51.7 Å². The van der Waals surface area contributed by atoms with E-state index in [4.69, 9.17) is 9.15 Å². The lowest BCUT2D eigenvalue weighted by molar-refractivity contribution is 0.478. The van der Waals surface area contributed by atoms with Gasteiger partial charge < -0.3 is 9.15 Å². The van der Waals surface area contributed by atoms with Crippen LogP contribution in [-0.4, -0.2) is 4.98 Å². The molecule has 0 atom stereocenters. The van der Waals surface area contributed by atoms with E-state index in [9.17, 15) is 4.79 Å². The molecule has 0 aliphatic carbocycles. The van der Waals surface area contributed by atoms with Crippen molar-refractivity contribution in [3.05, 3.63) is 53.0 Å². The standard InChI is InChI=1S/C14H7NO3/c16-14-15-13-8-4-1-2-5-9(8)17-10-6-3-7-11(18-14)12(10)13/h1-7H. The SMILES string of the molecule is O=c1nc2c3c(cccc3o1)Oc1ccccc1-2. The molecule has 3 aromatic rings. The fourth-order valence-electron chi connectivity index (χ4n) is 2.24. The van der Waals surface area contributed by atoms with Gasteiger partial charge in [-0.05, 0) is 24.3 Å². The Bertz CT molecular complexity index is 836. The molecule has 0 N–H and O–H groups in total. The van der Waals surface area contributed by atoms with Gasteiger partial charge in [-0.15, -0.1) is 0 Å². The Labute approximate surface area is 101 Å². The van der Waals surface area contributed by atoms with Crippen molar-refractivity contribution in [3.63, 3.8) is 0 Å². The van der Waals surface area contributed by atoms with Crippen molar-refractivity contribution in [1.82, 2.24) is 4.98 Å². The molecule has 4 rings (SSSR count). The van der Waals surface area contributed by atoms with Crippen molar-refractivity contribution in [2.75, 3.05) is 0 Å². The van der Waals surface area contributed by atoms with Crippen LogP contribution in [0.2, 0.25) is 0 Å². The van der Waals surface area contributed by atoms with Gasteiger partial charge in [0.25, 0.3) is 0 Å². The first-order chi connectivity index (χ1) is 8.83. The molecule has 0 saturated heterocycles. The van der Waals surface area contributed by atoms with Gasteiger partial charge in [0.2, 0.25) is 0 Å². The number of ether oxygens (including phenoxy) is 1. The van der Waals surface area contributed by atoms with Crippen LogP contribution in [0, 0.1) is 0 Å². The van der Waals surface area contributed by atoms with Crippen molar-refractivity contribution < 1.29 is 9.15 Å². The number of hydrogen-bond donors (Lipinski definition) is 0. The molecule has 1 aliphatic heterocycles. The van der Waals surface area contributed by atoms with E-state index < -0.39 is 5.76 Å². The minimum absolute atomic E-state index is 0.497. The average Bonchev–Trinajstić information content (AvgIpc) is 2.38. The summed E-state index contributed by atoms with van der Waals surface area (Å²) in [5.41, 5.74) is 1.94. The molecule has 18 heavy (non-hydrogen) atoms. The maximum Gasteiger partial charge on any atom is 0.439 e. The first-order valence-corrected chi connectivity index (χ1v) is 5.54. The van der Waals surface area contributed by atoms with Crippen LogP contribution in [0.5, 0.6) is 11.5 Å².